The standard InChI is InChI=1S/C20H28O6/c1-4-11-23-18-17(25-14-15-9-7-6-8-10-15)16(13-21)26-20(22-3)19(18)24-12-5-2/h4-10,16-21H,1-2,11-14H2,3H3/t16-,17-,18+,19-,20+/m1/s1. The lowest BCUT2D eigenvalue weighted by atomic mass is 9.98. The van der Waals surface area contributed by atoms with E-state index < -0.39 is 30.7 Å². The van der Waals surface area contributed by atoms with E-state index in [2.05, 4.69) is 13.2 Å². The van der Waals surface area contributed by atoms with Crippen LogP contribution in [-0.2, 0) is 30.3 Å². The van der Waals surface area contributed by atoms with Crippen LogP contribution in [0.4, 0.5) is 0 Å². The van der Waals surface area contributed by atoms with E-state index >= 15 is 0 Å². The van der Waals surface area contributed by atoms with E-state index in [9.17, 15) is 5.11 Å². The summed E-state index contributed by atoms with van der Waals surface area (Å²) in [6.07, 6.45) is 0.482. The molecule has 1 aromatic carbocycles. The van der Waals surface area contributed by atoms with Gasteiger partial charge in [0.05, 0.1) is 26.4 Å². The Morgan fingerprint density at radius 1 is 1.00 bits per heavy atom. The summed E-state index contributed by atoms with van der Waals surface area (Å²) in [4.78, 5) is 0. The van der Waals surface area contributed by atoms with Crippen molar-refractivity contribution in [3.63, 3.8) is 0 Å². The fourth-order valence-electron chi connectivity index (χ4n) is 2.91. The summed E-state index contributed by atoms with van der Waals surface area (Å²) in [6.45, 7) is 8.15. The van der Waals surface area contributed by atoms with Crippen molar-refractivity contribution < 1.29 is 28.8 Å². The quantitative estimate of drug-likeness (QED) is 0.607. The molecule has 6 heteroatoms. The molecule has 1 aliphatic heterocycles. The van der Waals surface area contributed by atoms with E-state index in [-0.39, 0.29) is 6.61 Å². The van der Waals surface area contributed by atoms with E-state index in [1.54, 1.807) is 12.2 Å². The molecule has 1 aromatic rings. The van der Waals surface area contributed by atoms with E-state index in [0.29, 0.717) is 19.8 Å². The fraction of sp³-hybridized carbons (Fsp3) is 0.500. The highest BCUT2D eigenvalue weighted by molar-refractivity contribution is 5.13. The van der Waals surface area contributed by atoms with Crippen molar-refractivity contribution in [2.75, 3.05) is 26.9 Å². The lowest BCUT2D eigenvalue weighted by Gasteiger charge is -2.44. The average molecular weight is 364 g/mol. The maximum absolute atomic E-state index is 9.78. The van der Waals surface area contributed by atoms with Crippen LogP contribution in [0.1, 0.15) is 5.56 Å². The Bertz CT molecular complexity index is 534. The predicted octanol–water partition coefficient (Wildman–Crippen LogP) is 2.08. The summed E-state index contributed by atoms with van der Waals surface area (Å²) in [7, 11) is 1.53. The molecular weight excluding hydrogens is 336 g/mol. The Kier molecular flexibility index (Phi) is 8.97. The van der Waals surface area contributed by atoms with Gasteiger partial charge >= 0.3 is 0 Å². The zero-order valence-corrected chi connectivity index (χ0v) is 15.2. The number of hydrogen-bond acceptors (Lipinski definition) is 6. The molecule has 5 atom stereocenters. The molecule has 26 heavy (non-hydrogen) atoms. The highest BCUT2D eigenvalue weighted by Gasteiger charge is 2.48. The summed E-state index contributed by atoms with van der Waals surface area (Å²) < 4.78 is 29.1. The molecule has 2 rings (SSSR count). The van der Waals surface area contributed by atoms with Gasteiger partial charge in [0, 0.05) is 7.11 Å². The van der Waals surface area contributed by atoms with Crippen LogP contribution in [0, 0.1) is 0 Å². The molecule has 1 heterocycles. The first kappa shape index (κ1) is 20.8. The van der Waals surface area contributed by atoms with Gasteiger partial charge in [0.1, 0.15) is 24.4 Å². The highest BCUT2D eigenvalue weighted by Crippen LogP contribution is 2.29. The first-order valence-corrected chi connectivity index (χ1v) is 8.64. The van der Waals surface area contributed by atoms with Crippen molar-refractivity contribution in [1.29, 1.82) is 0 Å². The Labute approximate surface area is 155 Å². The summed E-state index contributed by atoms with van der Waals surface area (Å²) >= 11 is 0. The Balaban J connectivity index is 2.19. The van der Waals surface area contributed by atoms with Crippen LogP contribution < -0.4 is 0 Å². The predicted molar refractivity (Wildman–Crippen MR) is 97.6 cm³/mol. The van der Waals surface area contributed by atoms with Crippen LogP contribution in [0.2, 0.25) is 0 Å². The topological polar surface area (TPSA) is 66.4 Å². The number of aliphatic hydroxyl groups is 1. The van der Waals surface area contributed by atoms with Crippen LogP contribution in [0.15, 0.2) is 55.6 Å². The van der Waals surface area contributed by atoms with Crippen molar-refractivity contribution in [2.45, 2.75) is 37.3 Å². The molecule has 0 radical (unpaired) electrons. The third kappa shape index (κ3) is 5.48. The first-order valence-electron chi connectivity index (χ1n) is 8.64. The number of benzene rings is 1. The van der Waals surface area contributed by atoms with Gasteiger partial charge in [0.15, 0.2) is 6.29 Å². The molecular formula is C20H28O6. The molecule has 0 spiro atoms. The van der Waals surface area contributed by atoms with Gasteiger partial charge in [-0.25, -0.2) is 0 Å². The Hall–Kier alpha value is -1.54. The van der Waals surface area contributed by atoms with Gasteiger partial charge in [-0.05, 0) is 5.56 Å². The molecule has 6 nitrogen and oxygen atoms in total. The molecule has 0 aromatic heterocycles. The molecule has 0 unspecified atom stereocenters. The van der Waals surface area contributed by atoms with E-state index in [1.165, 1.54) is 7.11 Å². The minimum absolute atomic E-state index is 0.221. The van der Waals surface area contributed by atoms with E-state index in [1.807, 2.05) is 30.3 Å². The minimum Gasteiger partial charge on any atom is -0.394 e. The van der Waals surface area contributed by atoms with Crippen LogP contribution in [0.3, 0.4) is 0 Å². The molecule has 1 N–H and O–H groups in total. The lowest BCUT2D eigenvalue weighted by Crippen LogP contribution is -2.61. The molecule has 1 saturated heterocycles. The third-order valence-electron chi connectivity index (χ3n) is 4.10. The molecule has 1 aliphatic rings. The number of rotatable bonds is 11. The summed E-state index contributed by atoms with van der Waals surface area (Å²) in [5, 5.41) is 9.78. The SMILES string of the molecule is C=CCO[C@@H]1[C@@H](OCC=C)[C@@H](OC)O[C@H](CO)[C@H]1OCc1ccccc1. The second-order valence-electron chi connectivity index (χ2n) is 5.90. The van der Waals surface area contributed by atoms with E-state index in [0.717, 1.165) is 5.56 Å². The minimum atomic E-state index is -0.682. The fourth-order valence-corrected chi connectivity index (χ4v) is 2.91. The molecule has 0 bridgehead atoms. The zero-order valence-electron chi connectivity index (χ0n) is 15.2. The van der Waals surface area contributed by atoms with Crippen molar-refractivity contribution in [3.8, 4) is 0 Å². The molecule has 1 fully saturated rings. The molecule has 0 aliphatic carbocycles. The van der Waals surface area contributed by atoms with Gasteiger partial charge in [-0.3, -0.25) is 0 Å². The maximum atomic E-state index is 9.78. The van der Waals surface area contributed by atoms with Crippen molar-refractivity contribution in [2.24, 2.45) is 0 Å². The largest absolute Gasteiger partial charge is 0.394 e. The van der Waals surface area contributed by atoms with Gasteiger partial charge in [-0.1, -0.05) is 42.5 Å². The summed E-state index contributed by atoms with van der Waals surface area (Å²) in [5.74, 6) is 0. The second kappa shape index (κ2) is 11.2. The lowest BCUT2D eigenvalue weighted by molar-refractivity contribution is -0.315. The summed E-state index contributed by atoms with van der Waals surface area (Å²) in [6, 6.07) is 9.79. The van der Waals surface area contributed by atoms with Crippen LogP contribution >= 0.6 is 0 Å². The smallest absolute Gasteiger partial charge is 0.186 e. The van der Waals surface area contributed by atoms with Crippen LogP contribution in [-0.4, -0.2) is 62.7 Å². The van der Waals surface area contributed by atoms with Crippen molar-refractivity contribution in [1.82, 2.24) is 0 Å². The normalized spacial score (nSPS) is 28.6. The number of ether oxygens (including phenoxy) is 5. The second-order valence-corrected chi connectivity index (χ2v) is 5.90. The zero-order chi connectivity index (χ0) is 18.8. The van der Waals surface area contributed by atoms with Gasteiger partial charge in [-0.15, -0.1) is 13.2 Å². The highest BCUT2D eigenvalue weighted by atomic mass is 16.7. The van der Waals surface area contributed by atoms with Gasteiger partial charge in [-0.2, -0.15) is 0 Å². The maximum Gasteiger partial charge on any atom is 0.186 e. The van der Waals surface area contributed by atoms with Gasteiger partial charge in [0.25, 0.3) is 0 Å². The Morgan fingerprint density at radius 2 is 1.65 bits per heavy atom. The molecule has 0 amide bonds. The Morgan fingerprint density at radius 3 is 2.23 bits per heavy atom. The number of hydrogen-bond donors (Lipinski definition) is 1. The molecule has 144 valence electrons. The van der Waals surface area contributed by atoms with Crippen molar-refractivity contribution in [3.05, 3.63) is 61.2 Å². The monoisotopic (exact) mass is 364 g/mol. The summed E-state index contributed by atoms with van der Waals surface area (Å²) in [5.41, 5.74) is 1.02. The van der Waals surface area contributed by atoms with Crippen LogP contribution in [0.25, 0.3) is 0 Å². The van der Waals surface area contributed by atoms with Gasteiger partial charge in [0.2, 0.25) is 0 Å². The molecule has 0 saturated carbocycles. The number of methoxy groups -OCH3 is 1. The third-order valence-corrected chi connectivity index (χ3v) is 4.10. The number of aliphatic hydroxyl groups excluding tert-OH is 1. The van der Waals surface area contributed by atoms with E-state index in [4.69, 9.17) is 23.7 Å². The first-order chi connectivity index (χ1) is 12.7. The van der Waals surface area contributed by atoms with Crippen molar-refractivity contribution >= 4 is 0 Å². The van der Waals surface area contributed by atoms with Gasteiger partial charge < -0.3 is 28.8 Å². The average Bonchev–Trinajstić information content (AvgIpc) is 2.69. The van der Waals surface area contributed by atoms with Crippen LogP contribution in [0.5, 0.6) is 0 Å².